The molecule has 2 aromatic carbocycles. The van der Waals surface area contributed by atoms with Gasteiger partial charge in [0.2, 0.25) is 11.6 Å². The third-order valence-corrected chi connectivity index (χ3v) is 13.9. The topological polar surface area (TPSA) is 84.8 Å². The number of hydrogen-bond donors (Lipinski definition) is 1. The maximum Gasteiger partial charge on any atom is 0.231 e. The summed E-state index contributed by atoms with van der Waals surface area (Å²) in [5.74, 6) is -3.18. The highest BCUT2D eigenvalue weighted by Crippen LogP contribution is 2.47. The molecule has 0 amide bonds. The van der Waals surface area contributed by atoms with Gasteiger partial charge in [-0.15, -0.1) is 11.3 Å². The fraction of sp³-hybridized carbons (Fsp3) is 0.590. The quantitative estimate of drug-likeness (QED) is 0.120. The van der Waals surface area contributed by atoms with Crippen molar-refractivity contribution in [3.05, 3.63) is 81.7 Å². The Morgan fingerprint density at radius 1 is 0.712 bits per heavy atom. The molecule has 2 heterocycles. The van der Waals surface area contributed by atoms with Gasteiger partial charge >= 0.3 is 0 Å². The maximum atomic E-state index is 13.3. The zero-order chi connectivity index (χ0) is 39.1. The van der Waals surface area contributed by atoms with E-state index in [2.05, 4.69) is 122 Å². The van der Waals surface area contributed by atoms with Crippen LogP contribution in [-0.2, 0) is 43.5 Å². The van der Waals surface area contributed by atoms with E-state index in [0.717, 1.165) is 26.4 Å². The average Bonchev–Trinajstić information content (AvgIpc) is 3.50. The van der Waals surface area contributed by atoms with Gasteiger partial charge in [-0.1, -0.05) is 42.0 Å². The summed E-state index contributed by atoms with van der Waals surface area (Å²) in [6.07, 6.45) is -2.64. The standard InChI is InChI=1S/C39H64O8SSi4/c1-27-17-20-29(21-18-27)33-23-24-34(48-33)39(41-3,42-4)31-25-30(22-19-28(31)2)38(40)37(47-52(14,15)16)36(46-51(11,12)13)35(45-50(8,9)10)32(44-38)26-43-49(5,6)7/h17-25,32,35-37,40H,26H2,1-16H3/t32-,35?,36+,37-,38-/m0/s1. The molecule has 1 saturated heterocycles. The van der Waals surface area contributed by atoms with Gasteiger partial charge in [-0.25, -0.2) is 0 Å². The van der Waals surface area contributed by atoms with E-state index in [1.807, 2.05) is 25.1 Å². The van der Waals surface area contributed by atoms with Crippen molar-refractivity contribution in [2.75, 3.05) is 20.8 Å². The zero-order valence-corrected chi connectivity index (χ0v) is 39.2. The van der Waals surface area contributed by atoms with E-state index < -0.39 is 69.3 Å². The summed E-state index contributed by atoms with van der Waals surface area (Å²) < 4.78 is 47.2. The minimum absolute atomic E-state index is 0.258. The first-order valence-corrected chi connectivity index (χ1v) is 32.7. The fourth-order valence-corrected chi connectivity index (χ4v) is 11.6. The molecule has 52 heavy (non-hydrogen) atoms. The number of methoxy groups -OCH3 is 2. The first-order valence-electron chi connectivity index (χ1n) is 18.3. The molecule has 0 radical (unpaired) electrons. The van der Waals surface area contributed by atoms with E-state index in [4.69, 9.17) is 31.9 Å². The second-order valence-electron chi connectivity index (χ2n) is 17.9. The average molecular weight is 805 g/mol. The number of aryl methyl sites for hydroxylation is 2. The Morgan fingerprint density at radius 3 is 1.79 bits per heavy atom. The van der Waals surface area contributed by atoms with Crippen LogP contribution in [0.1, 0.15) is 27.1 Å². The summed E-state index contributed by atoms with van der Waals surface area (Å²) in [4.78, 5) is 1.98. The Kier molecular flexibility index (Phi) is 13.4. The van der Waals surface area contributed by atoms with Gasteiger partial charge in [0, 0.05) is 30.2 Å². The number of aliphatic hydroxyl groups is 1. The van der Waals surface area contributed by atoms with Crippen LogP contribution in [0.2, 0.25) is 78.6 Å². The summed E-state index contributed by atoms with van der Waals surface area (Å²) in [7, 11) is -5.38. The van der Waals surface area contributed by atoms with Crippen molar-refractivity contribution in [3.8, 4) is 10.4 Å². The van der Waals surface area contributed by atoms with Crippen molar-refractivity contribution >= 4 is 44.6 Å². The van der Waals surface area contributed by atoms with Crippen molar-refractivity contribution < 1.29 is 37.0 Å². The van der Waals surface area contributed by atoms with E-state index in [1.165, 1.54) is 5.56 Å². The second-order valence-corrected chi connectivity index (χ2v) is 36.9. The van der Waals surface area contributed by atoms with Crippen LogP contribution in [0.15, 0.2) is 54.6 Å². The third-order valence-electron chi connectivity index (χ3n) is 8.69. The lowest BCUT2D eigenvalue weighted by atomic mass is 9.85. The van der Waals surface area contributed by atoms with Crippen molar-refractivity contribution in [2.24, 2.45) is 0 Å². The summed E-state index contributed by atoms with van der Waals surface area (Å²) in [5, 5.41) is 13.3. The number of ether oxygens (including phenoxy) is 3. The van der Waals surface area contributed by atoms with Gasteiger partial charge in [0.15, 0.2) is 33.3 Å². The predicted molar refractivity (Wildman–Crippen MR) is 223 cm³/mol. The normalized spacial score (nSPS) is 23.6. The molecule has 1 fully saturated rings. The highest BCUT2D eigenvalue weighted by molar-refractivity contribution is 7.15. The summed E-state index contributed by atoms with van der Waals surface area (Å²) in [5.41, 5.74) is 4.56. The van der Waals surface area contributed by atoms with Gasteiger partial charge in [0.05, 0.1) is 11.5 Å². The van der Waals surface area contributed by atoms with Gasteiger partial charge in [-0.05, 0) is 122 Å². The molecule has 0 saturated carbocycles. The van der Waals surface area contributed by atoms with E-state index in [9.17, 15) is 5.11 Å². The molecule has 1 aliphatic heterocycles. The monoisotopic (exact) mass is 804 g/mol. The summed E-state index contributed by atoms with van der Waals surface area (Å²) in [6.45, 7) is 30.2. The highest BCUT2D eigenvalue weighted by Gasteiger charge is 2.59. The molecule has 0 spiro atoms. The van der Waals surface area contributed by atoms with E-state index >= 15 is 0 Å². The summed E-state index contributed by atoms with van der Waals surface area (Å²) in [6, 6.07) is 18.5. The van der Waals surface area contributed by atoms with Crippen LogP contribution in [0, 0.1) is 13.8 Å². The van der Waals surface area contributed by atoms with Crippen LogP contribution in [0.4, 0.5) is 0 Å². The van der Waals surface area contributed by atoms with Gasteiger partial charge in [0.1, 0.15) is 24.4 Å². The molecular formula is C39H64O8SSi4. The van der Waals surface area contributed by atoms with Crippen LogP contribution in [0.3, 0.4) is 0 Å². The van der Waals surface area contributed by atoms with Gasteiger partial charge < -0.3 is 37.0 Å². The molecule has 3 aromatic rings. The lowest BCUT2D eigenvalue weighted by molar-refractivity contribution is -0.348. The molecule has 1 aromatic heterocycles. The molecule has 13 heteroatoms. The predicted octanol–water partition coefficient (Wildman–Crippen LogP) is 9.58. The van der Waals surface area contributed by atoms with Gasteiger partial charge in [-0.2, -0.15) is 0 Å². The smallest absolute Gasteiger partial charge is 0.231 e. The minimum atomic E-state index is -2.32. The van der Waals surface area contributed by atoms with Crippen molar-refractivity contribution in [3.63, 3.8) is 0 Å². The van der Waals surface area contributed by atoms with E-state index in [0.29, 0.717) is 5.56 Å². The first-order chi connectivity index (χ1) is 23.8. The number of hydrogen-bond acceptors (Lipinski definition) is 9. The van der Waals surface area contributed by atoms with Crippen molar-refractivity contribution in [1.29, 1.82) is 0 Å². The van der Waals surface area contributed by atoms with Crippen LogP contribution >= 0.6 is 11.3 Å². The second kappa shape index (κ2) is 16.0. The molecule has 290 valence electrons. The first kappa shape index (κ1) is 43.4. The van der Waals surface area contributed by atoms with E-state index in [-0.39, 0.29) is 6.61 Å². The molecule has 0 bridgehead atoms. The number of benzene rings is 2. The lowest BCUT2D eigenvalue weighted by Gasteiger charge is -2.54. The number of rotatable bonds is 15. The summed E-state index contributed by atoms with van der Waals surface area (Å²) >= 11 is 1.62. The Balaban J connectivity index is 1.94. The lowest BCUT2D eigenvalue weighted by Crippen LogP contribution is -2.69. The molecule has 1 aliphatic rings. The Labute approximate surface area is 321 Å². The molecule has 1 N–H and O–H groups in total. The SMILES string of the molecule is COC(OC)(c1ccc(-c2ccc(C)cc2)s1)c1cc([C@]2(O)O[C@@H](CO[Si](C)(C)C)C(O[Si](C)(C)C)[C@@H](O[Si](C)(C)C)[C@@H]2O[Si](C)(C)C)ccc1C. The Morgan fingerprint density at radius 2 is 1.27 bits per heavy atom. The van der Waals surface area contributed by atoms with Crippen LogP contribution in [0.5, 0.6) is 0 Å². The van der Waals surface area contributed by atoms with Gasteiger partial charge in [-0.3, -0.25) is 0 Å². The Bertz CT molecular complexity index is 1630. The molecule has 1 unspecified atom stereocenters. The van der Waals surface area contributed by atoms with Crippen molar-refractivity contribution in [1.82, 2.24) is 0 Å². The molecular weight excluding hydrogens is 741 g/mol. The third kappa shape index (κ3) is 10.5. The largest absolute Gasteiger partial charge is 0.415 e. The molecule has 4 rings (SSSR count). The Hall–Kier alpha value is -1.31. The number of thiophene rings is 1. The van der Waals surface area contributed by atoms with Crippen LogP contribution in [0.25, 0.3) is 10.4 Å². The highest BCUT2D eigenvalue weighted by atomic mass is 32.1. The van der Waals surface area contributed by atoms with E-state index in [1.54, 1.807) is 25.6 Å². The van der Waals surface area contributed by atoms with Crippen LogP contribution in [-0.4, -0.2) is 83.6 Å². The maximum absolute atomic E-state index is 13.3. The molecule has 5 atom stereocenters. The van der Waals surface area contributed by atoms with Crippen molar-refractivity contribution in [2.45, 2.75) is 128 Å². The zero-order valence-electron chi connectivity index (χ0n) is 34.4. The fourth-order valence-electron chi connectivity index (χ4n) is 6.51. The molecule has 0 aliphatic carbocycles. The van der Waals surface area contributed by atoms with Gasteiger partial charge in [0.25, 0.3) is 0 Å². The molecule has 8 nitrogen and oxygen atoms in total. The minimum Gasteiger partial charge on any atom is -0.415 e. The van der Waals surface area contributed by atoms with Crippen LogP contribution < -0.4 is 0 Å².